The van der Waals surface area contributed by atoms with Gasteiger partial charge in [0.05, 0.1) is 0 Å². The third kappa shape index (κ3) is 7.35. The Kier molecular flexibility index (Phi) is 8.84. The summed E-state index contributed by atoms with van der Waals surface area (Å²) in [5.74, 6) is 0.898. The molecule has 15 heavy (non-hydrogen) atoms. The summed E-state index contributed by atoms with van der Waals surface area (Å²) < 4.78 is 17.1. The van der Waals surface area contributed by atoms with E-state index in [-0.39, 0.29) is 6.10 Å². The molecule has 0 saturated heterocycles. The maximum atomic E-state index is 5.88. The Morgan fingerprint density at radius 2 is 1.73 bits per heavy atom. The van der Waals surface area contributed by atoms with Crippen molar-refractivity contribution < 1.29 is 13.3 Å². The van der Waals surface area contributed by atoms with E-state index in [1.165, 1.54) is 0 Å². The van der Waals surface area contributed by atoms with Crippen molar-refractivity contribution in [2.24, 2.45) is 0 Å². The average molecular weight is 252 g/mol. The summed E-state index contributed by atoms with van der Waals surface area (Å²) in [6, 6.07) is 0. The van der Waals surface area contributed by atoms with Crippen LogP contribution in [0.3, 0.4) is 0 Å². The largest absolute Gasteiger partial charge is 0.497 e. The van der Waals surface area contributed by atoms with E-state index in [9.17, 15) is 0 Å². The van der Waals surface area contributed by atoms with Gasteiger partial charge in [0.2, 0.25) is 0 Å². The van der Waals surface area contributed by atoms with Gasteiger partial charge in [-0.15, -0.1) is 0 Å². The molecule has 92 valence electrons. The van der Waals surface area contributed by atoms with E-state index in [0.717, 1.165) is 18.6 Å². The van der Waals surface area contributed by atoms with Crippen LogP contribution in [0.15, 0.2) is 0 Å². The van der Waals surface area contributed by atoms with E-state index in [4.69, 9.17) is 13.3 Å². The fourth-order valence-corrected chi connectivity index (χ4v) is 3.74. The van der Waals surface area contributed by atoms with Gasteiger partial charge in [-0.3, -0.25) is 0 Å². The van der Waals surface area contributed by atoms with E-state index in [2.05, 4.69) is 19.6 Å². The van der Waals surface area contributed by atoms with Gasteiger partial charge in [-0.2, -0.15) is 12.6 Å². The van der Waals surface area contributed by atoms with Crippen LogP contribution >= 0.6 is 12.6 Å². The maximum absolute atomic E-state index is 5.88. The Morgan fingerprint density at radius 3 is 2.13 bits per heavy atom. The summed E-state index contributed by atoms with van der Waals surface area (Å²) in [4.78, 5) is 0. The van der Waals surface area contributed by atoms with Crippen molar-refractivity contribution in [3.8, 4) is 0 Å². The highest BCUT2D eigenvalue weighted by molar-refractivity contribution is 7.80. The minimum Gasteiger partial charge on any atom is -0.374 e. The monoisotopic (exact) mass is 252 g/mol. The fraction of sp³-hybridized carbons (Fsp3) is 1.00. The van der Waals surface area contributed by atoms with Crippen LogP contribution < -0.4 is 0 Å². The van der Waals surface area contributed by atoms with Crippen LogP contribution in [0.4, 0.5) is 0 Å². The van der Waals surface area contributed by atoms with Crippen molar-refractivity contribution in [1.29, 1.82) is 0 Å². The summed E-state index contributed by atoms with van der Waals surface area (Å²) in [7, 11) is -2.39. The van der Waals surface area contributed by atoms with Gasteiger partial charge < -0.3 is 13.3 Å². The Morgan fingerprint density at radius 1 is 1.20 bits per heavy atom. The zero-order valence-corrected chi connectivity index (χ0v) is 12.2. The first-order valence-electron chi connectivity index (χ1n) is 5.64. The van der Waals surface area contributed by atoms with Crippen molar-refractivity contribution in [1.82, 2.24) is 0 Å². The average Bonchev–Trinajstić information content (AvgIpc) is 2.15. The molecular formula is C10H24O3SSi. The Balaban J connectivity index is 4.02. The molecule has 0 aromatic heterocycles. The minimum absolute atomic E-state index is 0.187. The van der Waals surface area contributed by atoms with Crippen LogP contribution in [0.1, 0.15) is 33.6 Å². The molecule has 0 rings (SSSR count). The van der Waals surface area contributed by atoms with Crippen LogP contribution in [-0.4, -0.2) is 33.9 Å². The summed E-state index contributed by atoms with van der Waals surface area (Å²) in [6.07, 6.45) is 2.26. The highest BCUT2D eigenvalue weighted by atomic mass is 32.1. The lowest BCUT2D eigenvalue weighted by atomic mass is 10.2. The van der Waals surface area contributed by atoms with Gasteiger partial charge in [0, 0.05) is 25.9 Å². The van der Waals surface area contributed by atoms with Crippen LogP contribution in [0.2, 0.25) is 6.55 Å². The molecule has 0 aromatic carbocycles. The van der Waals surface area contributed by atoms with Gasteiger partial charge >= 0.3 is 8.80 Å². The lowest BCUT2D eigenvalue weighted by molar-refractivity contribution is 0.0415. The van der Waals surface area contributed by atoms with Crippen LogP contribution in [-0.2, 0) is 13.3 Å². The van der Waals surface area contributed by atoms with Gasteiger partial charge in [0.25, 0.3) is 0 Å². The summed E-state index contributed by atoms with van der Waals surface area (Å²) >= 11 is 4.18. The molecule has 0 saturated carbocycles. The molecule has 5 heteroatoms. The van der Waals surface area contributed by atoms with Gasteiger partial charge in [-0.1, -0.05) is 0 Å². The molecule has 0 heterocycles. The zero-order valence-electron chi connectivity index (χ0n) is 10.3. The molecule has 0 amide bonds. The molecular weight excluding hydrogens is 228 g/mol. The van der Waals surface area contributed by atoms with E-state index in [0.29, 0.717) is 13.2 Å². The molecule has 0 fully saturated rings. The van der Waals surface area contributed by atoms with Crippen molar-refractivity contribution in [3.63, 3.8) is 0 Å². The Labute approximate surface area is 100 Å². The van der Waals surface area contributed by atoms with E-state index in [1.807, 2.05) is 20.4 Å². The highest BCUT2D eigenvalue weighted by Crippen LogP contribution is 2.15. The lowest BCUT2D eigenvalue weighted by Crippen LogP contribution is -2.45. The number of rotatable bonds is 9. The van der Waals surface area contributed by atoms with E-state index < -0.39 is 8.80 Å². The quantitative estimate of drug-likeness (QED) is 0.505. The molecule has 0 radical (unpaired) electrons. The fourth-order valence-electron chi connectivity index (χ4n) is 1.44. The highest BCUT2D eigenvalue weighted by Gasteiger charge is 2.35. The topological polar surface area (TPSA) is 27.7 Å². The van der Waals surface area contributed by atoms with Crippen molar-refractivity contribution in [3.05, 3.63) is 0 Å². The first kappa shape index (κ1) is 15.4. The second-order valence-electron chi connectivity index (χ2n) is 3.52. The summed E-state index contributed by atoms with van der Waals surface area (Å²) in [6.45, 7) is 9.23. The van der Waals surface area contributed by atoms with Crippen LogP contribution in [0.25, 0.3) is 0 Å². The van der Waals surface area contributed by atoms with Gasteiger partial charge in [-0.05, 0) is 39.4 Å². The molecule has 0 spiro atoms. The normalized spacial score (nSPS) is 14.2. The first-order valence-corrected chi connectivity index (χ1v) is 8.50. The van der Waals surface area contributed by atoms with Crippen molar-refractivity contribution >= 4 is 21.4 Å². The van der Waals surface area contributed by atoms with Gasteiger partial charge in [-0.25, -0.2) is 0 Å². The SMILES string of the molecule is CCO[Si](C)(OCC)OC(C)CCCS. The molecule has 0 aliphatic heterocycles. The smallest absolute Gasteiger partial charge is 0.374 e. The molecule has 0 aliphatic rings. The van der Waals surface area contributed by atoms with Crippen LogP contribution in [0, 0.1) is 0 Å². The van der Waals surface area contributed by atoms with Crippen molar-refractivity contribution in [2.45, 2.75) is 46.3 Å². The van der Waals surface area contributed by atoms with Gasteiger partial charge in [0.1, 0.15) is 0 Å². The third-order valence-electron chi connectivity index (χ3n) is 2.00. The molecule has 0 bridgehead atoms. The Hall–Kier alpha value is 0.447. The number of hydrogen-bond acceptors (Lipinski definition) is 4. The summed E-state index contributed by atoms with van der Waals surface area (Å²) in [5, 5.41) is 0. The second-order valence-corrected chi connectivity index (χ2v) is 6.51. The van der Waals surface area contributed by atoms with E-state index in [1.54, 1.807) is 0 Å². The number of thiol groups is 1. The lowest BCUT2D eigenvalue weighted by Gasteiger charge is -2.28. The zero-order chi connectivity index (χ0) is 11.7. The van der Waals surface area contributed by atoms with E-state index >= 15 is 0 Å². The number of hydrogen-bond donors (Lipinski definition) is 1. The predicted octanol–water partition coefficient (Wildman–Crippen LogP) is 2.74. The molecule has 0 N–H and O–H groups in total. The van der Waals surface area contributed by atoms with Gasteiger partial charge in [0.15, 0.2) is 0 Å². The standard InChI is InChI=1S/C10H24O3SSi/c1-5-11-15(4,12-6-2)13-10(3)8-7-9-14/h10,14H,5-9H2,1-4H3. The molecule has 3 nitrogen and oxygen atoms in total. The molecule has 0 aliphatic carbocycles. The third-order valence-corrected chi connectivity index (χ3v) is 4.77. The molecule has 1 atom stereocenters. The van der Waals surface area contributed by atoms with Crippen molar-refractivity contribution in [2.75, 3.05) is 19.0 Å². The maximum Gasteiger partial charge on any atom is 0.497 e. The predicted molar refractivity (Wildman–Crippen MR) is 68.5 cm³/mol. The molecule has 0 aromatic rings. The second kappa shape index (κ2) is 8.58. The minimum atomic E-state index is -2.39. The first-order chi connectivity index (χ1) is 7.08. The summed E-state index contributed by atoms with van der Waals surface area (Å²) in [5.41, 5.74) is 0. The molecule has 1 unspecified atom stereocenters. The van der Waals surface area contributed by atoms with Crippen LogP contribution in [0.5, 0.6) is 0 Å². The Bertz CT molecular complexity index is 152.